The van der Waals surface area contributed by atoms with E-state index in [1.54, 1.807) is 18.2 Å². The van der Waals surface area contributed by atoms with Crippen LogP contribution in [0.25, 0.3) is 0 Å². The van der Waals surface area contributed by atoms with E-state index in [1.807, 2.05) is 13.0 Å². The monoisotopic (exact) mass is 206 g/mol. The zero-order valence-electron chi connectivity index (χ0n) is 8.69. The fraction of sp³-hybridized carbons (Fsp3) is 0.364. The van der Waals surface area contributed by atoms with E-state index in [2.05, 4.69) is 0 Å². The van der Waals surface area contributed by atoms with Gasteiger partial charge in [0.25, 0.3) is 0 Å². The molecule has 0 aliphatic heterocycles. The van der Waals surface area contributed by atoms with Crippen LogP contribution in [0.15, 0.2) is 18.2 Å². The minimum Gasteiger partial charge on any atom is -0.490 e. The van der Waals surface area contributed by atoms with Crippen LogP contribution in [0.1, 0.15) is 12.5 Å². The molecule has 0 heterocycles. The van der Waals surface area contributed by atoms with Crippen molar-refractivity contribution in [3.8, 4) is 11.8 Å². The minimum atomic E-state index is 0.437. The Morgan fingerprint density at radius 3 is 2.87 bits per heavy atom. The first-order valence-electron chi connectivity index (χ1n) is 4.78. The number of hydrogen-bond donors (Lipinski definition) is 1. The van der Waals surface area contributed by atoms with Gasteiger partial charge in [0, 0.05) is 12.3 Å². The van der Waals surface area contributed by atoms with Gasteiger partial charge in [0.05, 0.1) is 12.2 Å². The normalized spacial score (nSPS) is 9.60. The van der Waals surface area contributed by atoms with Gasteiger partial charge in [-0.05, 0) is 25.1 Å². The molecule has 0 aromatic heterocycles. The Labute approximate surface area is 89.2 Å². The van der Waals surface area contributed by atoms with Crippen molar-refractivity contribution < 1.29 is 9.47 Å². The first-order valence-corrected chi connectivity index (χ1v) is 4.78. The first-order chi connectivity index (χ1) is 7.27. The maximum Gasteiger partial charge on any atom is 0.137 e. The van der Waals surface area contributed by atoms with Crippen molar-refractivity contribution in [2.75, 3.05) is 25.6 Å². The SMILES string of the molecule is CCOCCOc1ccc(N)cc1C#N. The molecule has 0 atom stereocenters. The first kappa shape index (κ1) is 11.3. The molecule has 0 radical (unpaired) electrons. The summed E-state index contributed by atoms with van der Waals surface area (Å²) < 4.78 is 10.5. The van der Waals surface area contributed by atoms with Crippen LogP contribution >= 0.6 is 0 Å². The highest BCUT2D eigenvalue weighted by molar-refractivity contribution is 5.53. The minimum absolute atomic E-state index is 0.437. The quantitative estimate of drug-likeness (QED) is 0.586. The molecule has 2 N–H and O–H groups in total. The second-order valence-corrected chi connectivity index (χ2v) is 2.91. The lowest BCUT2D eigenvalue weighted by Crippen LogP contribution is -2.07. The molecule has 0 saturated heterocycles. The molecular formula is C11H14N2O2. The number of nitrogens with zero attached hydrogens (tertiary/aromatic N) is 1. The van der Waals surface area contributed by atoms with Crippen molar-refractivity contribution in [2.24, 2.45) is 0 Å². The zero-order chi connectivity index (χ0) is 11.1. The summed E-state index contributed by atoms with van der Waals surface area (Å²) >= 11 is 0. The molecule has 0 bridgehead atoms. The molecule has 0 fully saturated rings. The predicted octanol–water partition coefficient (Wildman–Crippen LogP) is 1.56. The van der Waals surface area contributed by atoms with E-state index in [9.17, 15) is 0 Å². The second kappa shape index (κ2) is 5.89. The Balaban J connectivity index is 2.57. The number of nitrogen functional groups attached to an aromatic ring is 1. The van der Waals surface area contributed by atoms with E-state index < -0.39 is 0 Å². The van der Waals surface area contributed by atoms with E-state index in [4.69, 9.17) is 20.5 Å². The summed E-state index contributed by atoms with van der Waals surface area (Å²) in [5.74, 6) is 0.548. The van der Waals surface area contributed by atoms with Gasteiger partial charge in [-0.15, -0.1) is 0 Å². The smallest absolute Gasteiger partial charge is 0.137 e. The van der Waals surface area contributed by atoms with Crippen molar-refractivity contribution >= 4 is 5.69 Å². The number of nitrogens with two attached hydrogens (primary N) is 1. The standard InChI is InChI=1S/C11H14N2O2/c1-2-14-5-6-15-11-4-3-10(13)7-9(11)8-12/h3-4,7H,2,5-6,13H2,1H3. The Kier molecular flexibility index (Phi) is 4.45. The average Bonchev–Trinajstić information content (AvgIpc) is 2.26. The lowest BCUT2D eigenvalue weighted by Gasteiger charge is -2.07. The van der Waals surface area contributed by atoms with Gasteiger partial charge in [-0.25, -0.2) is 0 Å². The summed E-state index contributed by atoms with van der Waals surface area (Å²) in [6, 6.07) is 7.02. The molecule has 0 unspecified atom stereocenters. The Hall–Kier alpha value is -1.73. The van der Waals surface area contributed by atoms with E-state index in [1.165, 1.54) is 0 Å². The molecular weight excluding hydrogens is 192 g/mol. The van der Waals surface area contributed by atoms with Gasteiger partial charge >= 0.3 is 0 Å². The fourth-order valence-corrected chi connectivity index (χ4v) is 1.12. The van der Waals surface area contributed by atoms with Gasteiger partial charge in [-0.2, -0.15) is 5.26 Å². The van der Waals surface area contributed by atoms with E-state index in [0.29, 0.717) is 36.8 Å². The molecule has 0 saturated carbocycles. The van der Waals surface area contributed by atoms with Crippen molar-refractivity contribution in [3.05, 3.63) is 23.8 Å². The number of hydrogen-bond acceptors (Lipinski definition) is 4. The molecule has 1 aromatic carbocycles. The summed E-state index contributed by atoms with van der Waals surface area (Å²) in [6.07, 6.45) is 0. The van der Waals surface area contributed by atoms with Crippen LogP contribution in [-0.4, -0.2) is 19.8 Å². The highest BCUT2D eigenvalue weighted by Crippen LogP contribution is 2.20. The highest BCUT2D eigenvalue weighted by atomic mass is 16.5. The van der Waals surface area contributed by atoms with Crippen LogP contribution in [-0.2, 0) is 4.74 Å². The zero-order valence-corrected chi connectivity index (χ0v) is 8.69. The van der Waals surface area contributed by atoms with Crippen LogP contribution in [0.2, 0.25) is 0 Å². The van der Waals surface area contributed by atoms with Gasteiger partial charge in [0.2, 0.25) is 0 Å². The second-order valence-electron chi connectivity index (χ2n) is 2.91. The molecule has 0 aliphatic carbocycles. The molecule has 0 spiro atoms. The third-order valence-corrected chi connectivity index (χ3v) is 1.81. The maximum atomic E-state index is 8.83. The lowest BCUT2D eigenvalue weighted by atomic mass is 10.2. The number of benzene rings is 1. The Bertz CT molecular complexity index is 358. The highest BCUT2D eigenvalue weighted by Gasteiger charge is 2.02. The average molecular weight is 206 g/mol. The van der Waals surface area contributed by atoms with Crippen LogP contribution in [0.5, 0.6) is 5.75 Å². The molecule has 4 heteroatoms. The third-order valence-electron chi connectivity index (χ3n) is 1.81. The molecule has 4 nitrogen and oxygen atoms in total. The van der Waals surface area contributed by atoms with Crippen molar-refractivity contribution in [1.29, 1.82) is 5.26 Å². The summed E-state index contributed by atoms with van der Waals surface area (Å²) in [4.78, 5) is 0. The molecule has 0 amide bonds. The van der Waals surface area contributed by atoms with Crippen LogP contribution in [0.3, 0.4) is 0 Å². The Morgan fingerprint density at radius 2 is 2.20 bits per heavy atom. The summed E-state index contributed by atoms with van der Waals surface area (Å²) in [5, 5.41) is 8.83. The van der Waals surface area contributed by atoms with Crippen molar-refractivity contribution in [1.82, 2.24) is 0 Å². The van der Waals surface area contributed by atoms with Gasteiger partial charge in [0.1, 0.15) is 18.4 Å². The van der Waals surface area contributed by atoms with Gasteiger partial charge < -0.3 is 15.2 Å². The molecule has 15 heavy (non-hydrogen) atoms. The predicted molar refractivity (Wildman–Crippen MR) is 57.6 cm³/mol. The number of nitriles is 1. The maximum absolute atomic E-state index is 8.83. The summed E-state index contributed by atoms with van der Waals surface area (Å²) in [6.45, 7) is 3.54. The van der Waals surface area contributed by atoms with E-state index in [0.717, 1.165) is 0 Å². The van der Waals surface area contributed by atoms with Crippen molar-refractivity contribution in [2.45, 2.75) is 6.92 Å². The lowest BCUT2D eigenvalue weighted by molar-refractivity contribution is 0.110. The number of anilines is 1. The summed E-state index contributed by atoms with van der Waals surface area (Å²) in [7, 11) is 0. The third kappa shape index (κ3) is 3.49. The summed E-state index contributed by atoms with van der Waals surface area (Å²) in [5.41, 5.74) is 6.56. The van der Waals surface area contributed by atoms with E-state index >= 15 is 0 Å². The van der Waals surface area contributed by atoms with Crippen LogP contribution in [0.4, 0.5) is 5.69 Å². The molecule has 80 valence electrons. The van der Waals surface area contributed by atoms with Gasteiger partial charge in [0.15, 0.2) is 0 Å². The van der Waals surface area contributed by atoms with Gasteiger partial charge in [-0.3, -0.25) is 0 Å². The molecule has 1 aromatic rings. The number of ether oxygens (including phenoxy) is 2. The molecule has 0 aliphatic rings. The van der Waals surface area contributed by atoms with Crippen molar-refractivity contribution in [3.63, 3.8) is 0 Å². The largest absolute Gasteiger partial charge is 0.490 e. The van der Waals surface area contributed by atoms with Crippen LogP contribution < -0.4 is 10.5 Å². The van der Waals surface area contributed by atoms with Gasteiger partial charge in [-0.1, -0.05) is 0 Å². The fourth-order valence-electron chi connectivity index (χ4n) is 1.12. The Morgan fingerprint density at radius 1 is 1.40 bits per heavy atom. The molecule has 1 rings (SSSR count). The topological polar surface area (TPSA) is 68.3 Å². The van der Waals surface area contributed by atoms with Crippen LogP contribution in [0, 0.1) is 11.3 Å². The number of rotatable bonds is 5. The van der Waals surface area contributed by atoms with E-state index in [-0.39, 0.29) is 0 Å².